The first-order chi connectivity index (χ1) is 15.0. The Morgan fingerprint density at radius 3 is 2.16 bits per heavy atom. The Labute approximate surface area is 180 Å². The molecular weight excluding hydrogens is 432 g/mol. The smallest absolute Gasteiger partial charge is 0.416 e. The minimum Gasteiger partial charge on any atom is -0.478 e. The summed E-state index contributed by atoms with van der Waals surface area (Å²) < 4.78 is 52.4. The summed E-state index contributed by atoms with van der Waals surface area (Å²) in [6.45, 7) is 1.67. The Morgan fingerprint density at radius 2 is 1.62 bits per heavy atom. The van der Waals surface area contributed by atoms with Crippen LogP contribution in [-0.4, -0.2) is 28.9 Å². The van der Waals surface area contributed by atoms with Gasteiger partial charge < -0.3 is 15.7 Å². The summed E-state index contributed by atoms with van der Waals surface area (Å²) in [6, 6.07) is 5.86. The summed E-state index contributed by atoms with van der Waals surface area (Å²) in [4.78, 5) is 36.2. The van der Waals surface area contributed by atoms with E-state index in [0.29, 0.717) is 36.6 Å². The van der Waals surface area contributed by atoms with Crippen LogP contribution in [0.1, 0.15) is 57.7 Å². The number of hydrogen-bond donors (Lipinski definition) is 3. The van der Waals surface area contributed by atoms with E-state index in [2.05, 4.69) is 10.6 Å². The lowest BCUT2D eigenvalue weighted by molar-refractivity contribution is -0.137. The van der Waals surface area contributed by atoms with Crippen LogP contribution in [0.3, 0.4) is 0 Å². The molecule has 0 spiro atoms. The predicted molar refractivity (Wildman–Crippen MR) is 105 cm³/mol. The maximum Gasteiger partial charge on any atom is 0.416 e. The summed E-state index contributed by atoms with van der Waals surface area (Å²) in [7, 11) is 0. The molecule has 2 atom stereocenters. The van der Waals surface area contributed by atoms with E-state index in [0.717, 1.165) is 0 Å². The maximum absolute atomic E-state index is 13.6. The van der Waals surface area contributed by atoms with Gasteiger partial charge in [0.05, 0.1) is 17.2 Å². The van der Waals surface area contributed by atoms with Crippen LogP contribution >= 0.6 is 0 Å². The summed E-state index contributed by atoms with van der Waals surface area (Å²) >= 11 is 0. The van der Waals surface area contributed by atoms with E-state index < -0.39 is 53.0 Å². The molecule has 2 unspecified atom stereocenters. The molecule has 3 N–H and O–H groups in total. The van der Waals surface area contributed by atoms with Gasteiger partial charge in [-0.05, 0) is 61.6 Å². The molecule has 1 aliphatic rings. The van der Waals surface area contributed by atoms with E-state index in [1.807, 2.05) is 0 Å². The van der Waals surface area contributed by atoms with Crippen molar-refractivity contribution in [3.63, 3.8) is 0 Å². The van der Waals surface area contributed by atoms with Crippen molar-refractivity contribution >= 4 is 17.8 Å². The molecule has 6 nitrogen and oxygen atoms in total. The zero-order chi connectivity index (χ0) is 23.6. The van der Waals surface area contributed by atoms with Crippen molar-refractivity contribution in [1.29, 1.82) is 0 Å². The van der Waals surface area contributed by atoms with Crippen LogP contribution in [0.2, 0.25) is 0 Å². The minimum absolute atomic E-state index is 0.0868. The van der Waals surface area contributed by atoms with Gasteiger partial charge in [0, 0.05) is 5.56 Å². The monoisotopic (exact) mass is 452 g/mol. The Hall–Kier alpha value is -3.43. The van der Waals surface area contributed by atoms with Gasteiger partial charge in [0.25, 0.3) is 5.91 Å². The van der Waals surface area contributed by atoms with Gasteiger partial charge in [-0.1, -0.05) is 12.1 Å². The molecule has 0 aliphatic heterocycles. The lowest BCUT2D eigenvalue weighted by Crippen LogP contribution is -2.48. The molecule has 2 aromatic carbocycles. The highest BCUT2D eigenvalue weighted by Crippen LogP contribution is 2.34. The number of carbonyl (C=O) groups is 3. The van der Waals surface area contributed by atoms with Crippen LogP contribution in [0.15, 0.2) is 42.5 Å². The molecular formula is C22H20F4N2O4. The van der Waals surface area contributed by atoms with E-state index in [-0.39, 0.29) is 11.5 Å². The molecule has 10 heteroatoms. The second kappa shape index (κ2) is 8.97. The van der Waals surface area contributed by atoms with E-state index in [1.165, 1.54) is 12.1 Å². The summed E-state index contributed by atoms with van der Waals surface area (Å²) in [5.74, 6) is -4.01. The molecule has 2 aromatic rings. The van der Waals surface area contributed by atoms with E-state index >= 15 is 0 Å². The number of nitrogens with one attached hydrogen (secondary N) is 2. The highest BCUT2D eigenvalue weighted by Gasteiger charge is 2.38. The number of halogens is 4. The first kappa shape index (κ1) is 23.2. The van der Waals surface area contributed by atoms with Crippen molar-refractivity contribution in [2.75, 3.05) is 0 Å². The average molecular weight is 452 g/mol. The number of carboxylic acid groups (broad SMARTS) is 1. The van der Waals surface area contributed by atoms with Gasteiger partial charge in [-0.2, -0.15) is 13.2 Å². The van der Waals surface area contributed by atoms with Gasteiger partial charge in [-0.25, -0.2) is 9.18 Å². The molecule has 2 amide bonds. The number of carboxylic acids is 1. The number of alkyl halides is 3. The standard InChI is InChI=1S/C22H20F4N2O4/c1-11(12-2-6-14(7-3-12)21(31)32)27-20(30)18(13-4-5-13)28-19(29)15-8-16(22(24,25)26)10-17(23)9-15/h2-3,6-11,13,18H,4-5H2,1H3,(H,27,30)(H,28,29)(H,31,32). The molecule has 1 saturated carbocycles. The van der Waals surface area contributed by atoms with Gasteiger partial charge >= 0.3 is 12.1 Å². The summed E-state index contributed by atoms with van der Waals surface area (Å²) in [5.41, 5.74) is -1.12. The Bertz CT molecular complexity index is 1030. The van der Waals surface area contributed by atoms with Crippen LogP contribution in [0.25, 0.3) is 0 Å². The predicted octanol–water partition coefficient (Wildman–Crippen LogP) is 3.93. The molecule has 1 aliphatic carbocycles. The molecule has 170 valence electrons. The van der Waals surface area contributed by atoms with Crippen molar-refractivity contribution in [3.8, 4) is 0 Å². The molecule has 0 saturated heterocycles. The Balaban J connectivity index is 1.71. The molecule has 3 rings (SSSR count). The maximum atomic E-state index is 13.6. The van der Waals surface area contributed by atoms with E-state index in [9.17, 15) is 31.9 Å². The molecule has 0 bridgehead atoms. The molecule has 1 fully saturated rings. The third-order valence-corrected chi connectivity index (χ3v) is 5.17. The summed E-state index contributed by atoms with van der Waals surface area (Å²) in [6.07, 6.45) is -3.52. The number of rotatable bonds is 7. The first-order valence-corrected chi connectivity index (χ1v) is 9.78. The fourth-order valence-electron chi connectivity index (χ4n) is 3.24. The number of hydrogen-bond acceptors (Lipinski definition) is 3. The zero-order valence-corrected chi connectivity index (χ0v) is 16.9. The van der Waals surface area contributed by atoms with Crippen LogP contribution in [-0.2, 0) is 11.0 Å². The van der Waals surface area contributed by atoms with Gasteiger partial charge in [-0.15, -0.1) is 0 Å². The second-order valence-electron chi connectivity index (χ2n) is 7.67. The van der Waals surface area contributed by atoms with Crippen LogP contribution < -0.4 is 10.6 Å². The molecule has 32 heavy (non-hydrogen) atoms. The molecule has 0 heterocycles. The third kappa shape index (κ3) is 5.63. The zero-order valence-electron chi connectivity index (χ0n) is 16.9. The van der Waals surface area contributed by atoms with Crippen molar-refractivity contribution < 1.29 is 37.1 Å². The Morgan fingerprint density at radius 1 is 1.00 bits per heavy atom. The van der Waals surface area contributed by atoms with Crippen molar-refractivity contribution in [1.82, 2.24) is 10.6 Å². The number of benzene rings is 2. The van der Waals surface area contributed by atoms with Crippen LogP contribution in [0, 0.1) is 11.7 Å². The van der Waals surface area contributed by atoms with Gasteiger partial charge in [-0.3, -0.25) is 9.59 Å². The topological polar surface area (TPSA) is 95.5 Å². The van der Waals surface area contributed by atoms with Gasteiger partial charge in [0.1, 0.15) is 11.9 Å². The normalized spacial score (nSPS) is 15.5. The van der Waals surface area contributed by atoms with Gasteiger partial charge in [0.2, 0.25) is 5.91 Å². The fraction of sp³-hybridized carbons (Fsp3) is 0.318. The minimum atomic E-state index is -4.82. The van der Waals surface area contributed by atoms with Crippen LogP contribution in [0.5, 0.6) is 0 Å². The molecule has 0 radical (unpaired) electrons. The highest BCUT2D eigenvalue weighted by atomic mass is 19.4. The van der Waals surface area contributed by atoms with Crippen molar-refractivity contribution in [2.45, 2.75) is 38.0 Å². The lowest BCUT2D eigenvalue weighted by atomic mass is 10.0. The third-order valence-electron chi connectivity index (χ3n) is 5.17. The highest BCUT2D eigenvalue weighted by molar-refractivity contribution is 5.98. The lowest BCUT2D eigenvalue weighted by Gasteiger charge is -2.22. The summed E-state index contributed by atoms with van der Waals surface area (Å²) in [5, 5.41) is 14.1. The molecule has 0 aromatic heterocycles. The average Bonchev–Trinajstić information content (AvgIpc) is 3.55. The van der Waals surface area contributed by atoms with Gasteiger partial charge in [0.15, 0.2) is 0 Å². The van der Waals surface area contributed by atoms with Crippen molar-refractivity contribution in [2.24, 2.45) is 5.92 Å². The first-order valence-electron chi connectivity index (χ1n) is 9.78. The van der Waals surface area contributed by atoms with E-state index in [4.69, 9.17) is 5.11 Å². The number of aromatic carboxylic acids is 1. The van der Waals surface area contributed by atoms with E-state index in [1.54, 1.807) is 19.1 Å². The largest absolute Gasteiger partial charge is 0.478 e. The Kier molecular flexibility index (Phi) is 6.52. The quantitative estimate of drug-likeness (QED) is 0.555. The van der Waals surface area contributed by atoms with Crippen LogP contribution in [0.4, 0.5) is 17.6 Å². The number of carbonyl (C=O) groups excluding carboxylic acids is 2. The fourth-order valence-corrected chi connectivity index (χ4v) is 3.24. The second-order valence-corrected chi connectivity index (χ2v) is 7.67. The SMILES string of the molecule is CC(NC(=O)C(NC(=O)c1cc(F)cc(C(F)(F)F)c1)C1CC1)c1ccc(C(=O)O)cc1. The number of amides is 2. The van der Waals surface area contributed by atoms with Crippen molar-refractivity contribution in [3.05, 3.63) is 70.5 Å².